The number of benzene rings is 1. The number of hydrogen-bond acceptors (Lipinski definition) is 8. The number of hydrogen-bond donors (Lipinski definition) is 0. The zero-order valence-electron chi connectivity index (χ0n) is 26.5. The van der Waals surface area contributed by atoms with Crippen LogP contribution in [0.4, 0.5) is 0 Å². The predicted octanol–water partition coefficient (Wildman–Crippen LogP) is 6.31. The molecule has 3 aliphatic rings. The third-order valence-electron chi connectivity index (χ3n) is 9.83. The van der Waals surface area contributed by atoms with E-state index in [0.717, 1.165) is 11.1 Å². The van der Waals surface area contributed by atoms with Crippen LogP contribution in [-0.4, -0.2) is 48.3 Å². The molecule has 0 amide bonds. The minimum Gasteiger partial charge on any atom is -0.461 e. The van der Waals surface area contributed by atoms with Gasteiger partial charge in [0.25, 0.3) is 0 Å². The van der Waals surface area contributed by atoms with Crippen molar-refractivity contribution in [3.8, 4) is 0 Å². The topological polar surface area (TPSA) is 105 Å². The molecular formula is C36H44O8. The molecule has 0 N–H and O–H groups in total. The van der Waals surface area contributed by atoms with E-state index in [-0.39, 0.29) is 18.3 Å². The van der Waals surface area contributed by atoms with Crippen molar-refractivity contribution in [2.75, 3.05) is 0 Å². The van der Waals surface area contributed by atoms with Crippen molar-refractivity contribution in [3.63, 3.8) is 0 Å². The Morgan fingerprint density at radius 1 is 0.886 bits per heavy atom. The van der Waals surface area contributed by atoms with Crippen molar-refractivity contribution in [1.29, 1.82) is 0 Å². The Kier molecular flexibility index (Phi) is 10.0. The van der Waals surface area contributed by atoms with Gasteiger partial charge in [0.1, 0.15) is 24.4 Å². The largest absolute Gasteiger partial charge is 0.461 e. The summed E-state index contributed by atoms with van der Waals surface area (Å²) in [5, 5.41) is 0. The lowest BCUT2D eigenvalue weighted by Gasteiger charge is -2.61. The summed E-state index contributed by atoms with van der Waals surface area (Å²) in [4.78, 5) is 50.6. The zero-order valence-corrected chi connectivity index (χ0v) is 26.5. The van der Waals surface area contributed by atoms with Gasteiger partial charge in [-0.3, -0.25) is 14.4 Å². The molecule has 1 spiro atoms. The zero-order chi connectivity index (χ0) is 32.2. The van der Waals surface area contributed by atoms with E-state index in [1.54, 1.807) is 12.2 Å². The van der Waals surface area contributed by atoms with E-state index in [1.807, 2.05) is 43.3 Å². The van der Waals surface area contributed by atoms with Crippen LogP contribution in [0.5, 0.6) is 0 Å². The Hall–Kier alpha value is -3.94. The Morgan fingerprint density at radius 3 is 2.14 bits per heavy atom. The molecule has 3 aliphatic carbocycles. The number of carbonyl (C=O) groups is 4. The summed E-state index contributed by atoms with van der Waals surface area (Å²) in [6, 6.07) is 9.45. The quantitative estimate of drug-likeness (QED) is 0.106. The van der Waals surface area contributed by atoms with Crippen LogP contribution in [0.25, 0.3) is 6.08 Å². The molecule has 8 nitrogen and oxygen atoms in total. The Bertz CT molecular complexity index is 1370. The highest BCUT2D eigenvalue weighted by atomic mass is 16.6. The van der Waals surface area contributed by atoms with Crippen molar-refractivity contribution in [3.05, 3.63) is 77.9 Å². The highest BCUT2D eigenvalue weighted by Gasteiger charge is 2.71. The second-order valence-corrected chi connectivity index (χ2v) is 12.6. The summed E-state index contributed by atoms with van der Waals surface area (Å²) in [5.74, 6) is -2.16. The molecule has 4 rings (SSSR count). The number of esters is 4. The summed E-state index contributed by atoms with van der Waals surface area (Å²) < 4.78 is 24.0. The summed E-state index contributed by atoms with van der Waals surface area (Å²) in [6.07, 6.45) is 7.86. The minimum atomic E-state index is -1.02. The van der Waals surface area contributed by atoms with Crippen molar-refractivity contribution >= 4 is 30.0 Å². The van der Waals surface area contributed by atoms with Crippen molar-refractivity contribution in [1.82, 2.24) is 0 Å². The van der Waals surface area contributed by atoms with Crippen molar-refractivity contribution < 1.29 is 38.1 Å². The van der Waals surface area contributed by atoms with Gasteiger partial charge in [-0.1, -0.05) is 68.5 Å². The molecule has 236 valence electrons. The third-order valence-corrected chi connectivity index (χ3v) is 9.83. The first kappa shape index (κ1) is 33.0. The second kappa shape index (κ2) is 13.4. The van der Waals surface area contributed by atoms with Crippen LogP contribution in [-0.2, 0) is 38.1 Å². The van der Waals surface area contributed by atoms with Crippen LogP contribution < -0.4 is 0 Å². The number of allylic oxidation sites excluding steroid dienone is 3. The molecule has 44 heavy (non-hydrogen) atoms. The molecule has 1 aromatic rings. The normalized spacial score (nSPS) is 33.0. The molecule has 8 atom stereocenters. The highest BCUT2D eigenvalue weighted by Crippen LogP contribution is 2.68. The van der Waals surface area contributed by atoms with Gasteiger partial charge < -0.3 is 18.9 Å². The molecule has 0 heterocycles. The van der Waals surface area contributed by atoms with Crippen LogP contribution in [0.1, 0.15) is 72.8 Å². The number of carbonyl (C=O) groups excluding carboxylic acids is 4. The van der Waals surface area contributed by atoms with E-state index in [0.29, 0.717) is 24.8 Å². The number of rotatable bonds is 9. The van der Waals surface area contributed by atoms with E-state index in [4.69, 9.17) is 18.9 Å². The fourth-order valence-electron chi connectivity index (χ4n) is 7.73. The summed E-state index contributed by atoms with van der Waals surface area (Å²) in [5.41, 5.74) is 1.12. The summed E-state index contributed by atoms with van der Waals surface area (Å²) >= 11 is 0. The second-order valence-electron chi connectivity index (χ2n) is 12.6. The molecule has 0 radical (unpaired) electrons. The van der Waals surface area contributed by atoms with Crippen LogP contribution in [0, 0.1) is 22.7 Å². The maximum Gasteiger partial charge on any atom is 0.331 e. The SMILES string of the molecule is C=CC(C)=CC[C@@]1(C)[C@H](C)C[C@@H](OC(=O)C=Cc2ccccc2)[C@]23C(=C[C@@H](OC(C)=O)C[C@H]12)[C@H](OC(C)=O)C[C@H]3OC(C)=O. The molecule has 2 saturated carbocycles. The molecule has 2 fully saturated rings. The maximum atomic E-state index is 13.5. The van der Waals surface area contributed by atoms with E-state index < -0.39 is 59.1 Å². The fourth-order valence-corrected chi connectivity index (χ4v) is 7.73. The smallest absolute Gasteiger partial charge is 0.331 e. The van der Waals surface area contributed by atoms with Gasteiger partial charge >= 0.3 is 23.9 Å². The van der Waals surface area contributed by atoms with Gasteiger partial charge in [-0.25, -0.2) is 4.79 Å². The van der Waals surface area contributed by atoms with E-state index in [9.17, 15) is 19.2 Å². The van der Waals surface area contributed by atoms with Gasteiger partial charge in [0.15, 0.2) is 0 Å². The van der Waals surface area contributed by atoms with Gasteiger partial charge in [-0.05, 0) is 66.7 Å². The standard InChI is InChI=1S/C36H44O8/c1-8-22(2)16-17-35(7)23(3)18-32(44-34(40)15-14-27-12-10-9-11-13-27)36-29(19-28(20-31(35)36)41-24(4)37)30(42-25(5)38)21-33(36)43-26(6)39/h8-16,19,23,28,30-33H,1,17-18,20-21H2,2-7H3/t23-,28-,30-,31-,32-,33-,35+,36+/m1/s1. The first-order chi connectivity index (χ1) is 20.8. The Morgan fingerprint density at radius 2 is 1.52 bits per heavy atom. The van der Waals surface area contributed by atoms with Gasteiger partial charge in [0, 0.05) is 33.3 Å². The summed E-state index contributed by atoms with van der Waals surface area (Å²) in [6.45, 7) is 14.3. The Labute approximate surface area is 260 Å². The fraction of sp³-hybridized carbons (Fsp3) is 0.500. The van der Waals surface area contributed by atoms with Crippen LogP contribution >= 0.6 is 0 Å². The molecule has 0 saturated heterocycles. The van der Waals surface area contributed by atoms with Crippen LogP contribution in [0.15, 0.2) is 72.4 Å². The van der Waals surface area contributed by atoms with Crippen LogP contribution in [0.3, 0.4) is 0 Å². The molecular weight excluding hydrogens is 560 g/mol. The average Bonchev–Trinajstić information content (AvgIpc) is 3.25. The lowest BCUT2D eigenvalue weighted by atomic mass is 9.44. The molecule has 0 aromatic heterocycles. The van der Waals surface area contributed by atoms with Gasteiger partial charge in [0.05, 0.1) is 5.41 Å². The summed E-state index contributed by atoms with van der Waals surface area (Å²) in [7, 11) is 0. The minimum absolute atomic E-state index is 0.0472. The lowest BCUT2D eigenvalue weighted by molar-refractivity contribution is -0.204. The first-order valence-corrected chi connectivity index (χ1v) is 15.3. The van der Waals surface area contributed by atoms with E-state index >= 15 is 0 Å². The van der Waals surface area contributed by atoms with Gasteiger partial charge in [-0.15, -0.1) is 0 Å². The average molecular weight is 605 g/mol. The predicted molar refractivity (Wildman–Crippen MR) is 166 cm³/mol. The lowest BCUT2D eigenvalue weighted by Crippen LogP contribution is -2.63. The monoisotopic (exact) mass is 604 g/mol. The number of ether oxygens (including phenoxy) is 4. The molecule has 0 bridgehead atoms. The molecule has 8 heteroatoms. The highest BCUT2D eigenvalue weighted by molar-refractivity contribution is 5.87. The van der Waals surface area contributed by atoms with Gasteiger partial charge in [0.2, 0.25) is 0 Å². The molecule has 0 unspecified atom stereocenters. The molecule has 0 aliphatic heterocycles. The van der Waals surface area contributed by atoms with Crippen molar-refractivity contribution in [2.24, 2.45) is 22.7 Å². The van der Waals surface area contributed by atoms with E-state index in [1.165, 1.54) is 26.8 Å². The third kappa shape index (κ3) is 6.59. The Balaban J connectivity index is 1.90. The van der Waals surface area contributed by atoms with Crippen molar-refractivity contribution in [2.45, 2.75) is 91.6 Å². The first-order valence-electron chi connectivity index (χ1n) is 15.3. The van der Waals surface area contributed by atoms with Gasteiger partial charge in [-0.2, -0.15) is 0 Å². The van der Waals surface area contributed by atoms with E-state index in [2.05, 4.69) is 26.5 Å². The maximum absolute atomic E-state index is 13.5. The molecule has 1 aromatic carbocycles. The van der Waals surface area contributed by atoms with Crippen LogP contribution in [0.2, 0.25) is 0 Å².